The molecule has 1 saturated heterocycles. The third-order valence-corrected chi connectivity index (χ3v) is 9.05. The summed E-state index contributed by atoms with van der Waals surface area (Å²) in [5.41, 5.74) is 0.998. The number of carbonyl (C=O) groups is 2. The third-order valence-electron chi connectivity index (χ3n) is 9.05. The molecule has 2 bridgehead atoms. The van der Waals surface area contributed by atoms with Gasteiger partial charge in [0, 0.05) is 18.8 Å². The lowest BCUT2D eigenvalue weighted by Gasteiger charge is -2.64. The first kappa shape index (κ1) is 26.8. The molecule has 0 radical (unpaired) electrons. The zero-order valence-electron chi connectivity index (χ0n) is 23.0. The van der Waals surface area contributed by atoms with Crippen LogP contribution in [0.1, 0.15) is 69.9 Å². The molecule has 3 unspecified atom stereocenters. The molecule has 1 aromatic heterocycles. The highest BCUT2D eigenvalue weighted by Crippen LogP contribution is 2.65. The van der Waals surface area contributed by atoms with E-state index in [1.807, 2.05) is 30.3 Å². The largest absolute Gasteiger partial charge is 0.481 e. The summed E-state index contributed by atoms with van der Waals surface area (Å²) in [5, 5.41) is 6.08. The molecule has 8 nitrogen and oxygen atoms in total. The topological polar surface area (TPSA) is 102 Å². The van der Waals surface area contributed by atoms with Gasteiger partial charge in [0.25, 0.3) is 5.91 Å². The SMILES string of the molecule is CC(C)C[C@H](NC(=O)[C@H](Cc1ccccc1)NC(=O)c1cnccn1)B1OC2CC3CC(C3(C)C)[C@]2(C)O1. The molecule has 2 aromatic rings. The standard InChI is InChI=1S/C29H39BN4O4/c1-18(2)13-25(30-37-24-16-20-15-23(28(20,3)4)29(24,5)38-30)34-26(35)21(14-19-9-7-6-8-10-19)33-27(36)22-17-31-11-12-32-22/h6-12,17-18,20-21,23-25H,13-16H2,1-5H3,(H,33,36)(H,34,35)/t20?,21-,23?,24?,25-,29-/m0/s1. The fourth-order valence-corrected chi connectivity index (χ4v) is 6.81. The van der Waals surface area contributed by atoms with Crippen LogP contribution >= 0.6 is 0 Å². The number of hydrogen-bond acceptors (Lipinski definition) is 6. The van der Waals surface area contributed by atoms with E-state index in [1.54, 1.807) is 0 Å². The van der Waals surface area contributed by atoms with E-state index in [2.05, 4.69) is 55.2 Å². The van der Waals surface area contributed by atoms with Gasteiger partial charge in [-0.25, -0.2) is 4.98 Å². The van der Waals surface area contributed by atoms with Gasteiger partial charge < -0.3 is 19.9 Å². The van der Waals surface area contributed by atoms with Crippen LogP contribution < -0.4 is 10.6 Å². The second-order valence-corrected chi connectivity index (χ2v) is 12.4. The number of aromatic nitrogens is 2. The highest BCUT2D eigenvalue weighted by molar-refractivity contribution is 6.48. The molecular formula is C29H39BN4O4. The summed E-state index contributed by atoms with van der Waals surface area (Å²) in [4.78, 5) is 34.8. The summed E-state index contributed by atoms with van der Waals surface area (Å²) in [6, 6.07) is 8.87. The fraction of sp³-hybridized carbons (Fsp3) is 0.586. The van der Waals surface area contributed by atoms with E-state index in [9.17, 15) is 9.59 Å². The molecule has 1 aromatic carbocycles. The average Bonchev–Trinajstić information content (AvgIpc) is 3.26. The van der Waals surface area contributed by atoms with Crippen molar-refractivity contribution < 1.29 is 18.9 Å². The van der Waals surface area contributed by atoms with E-state index in [0.29, 0.717) is 30.6 Å². The van der Waals surface area contributed by atoms with Crippen LogP contribution in [-0.2, 0) is 20.5 Å². The molecule has 4 fully saturated rings. The number of nitrogens with zero attached hydrogens (tertiary/aromatic N) is 2. The maximum atomic E-state index is 13.8. The second-order valence-electron chi connectivity index (χ2n) is 12.4. The Bertz CT molecular complexity index is 1150. The van der Waals surface area contributed by atoms with E-state index in [4.69, 9.17) is 9.31 Å². The molecule has 2 amide bonds. The van der Waals surface area contributed by atoms with Crippen molar-refractivity contribution in [1.82, 2.24) is 20.6 Å². The second kappa shape index (κ2) is 10.4. The summed E-state index contributed by atoms with van der Waals surface area (Å²) in [6.45, 7) is 11.1. The number of rotatable bonds is 9. The molecule has 38 heavy (non-hydrogen) atoms. The van der Waals surface area contributed by atoms with Gasteiger partial charge in [-0.3, -0.25) is 14.6 Å². The smallest absolute Gasteiger partial charge is 0.404 e. The number of hydrogen-bond donors (Lipinski definition) is 2. The number of carbonyl (C=O) groups excluding carboxylic acids is 2. The van der Waals surface area contributed by atoms with Crippen LogP contribution in [0.2, 0.25) is 0 Å². The summed E-state index contributed by atoms with van der Waals surface area (Å²) < 4.78 is 13.2. The Hall–Kier alpha value is -2.78. The van der Waals surface area contributed by atoms with Crippen LogP contribution in [0, 0.1) is 23.2 Å². The van der Waals surface area contributed by atoms with Crippen LogP contribution in [0.25, 0.3) is 0 Å². The minimum Gasteiger partial charge on any atom is -0.404 e. The summed E-state index contributed by atoms with van der Waals surface area (Å²) in [5.74, 6) is 0.359. The van der Waals surface area contributed by atoms with Crippen molar-refractivity contribution in [2.75, 3.05) is 0 Å². The first-order valence-corrected chi connectivity index (χ1v) is 13.8. The average molecular weight is 518 g/mol. The Morgan fingerprint density at radius 2 is 1.87 bits per heavy atom. The molecule has 9 heteroatoms. The Kier molecular flexibility index (Phi) is 7.35. The van der Waals surface area contributed by atoms with Gasteiger partial charge in [0.05, 0.1) is 23.8 Å². The first-order valence-electron chi connectivity index (χ1n) is 13.8. The highest BCUT2D eigenvalue weighted by atomic mass is 16.7. The van der Waals surface area contributed by atoms with Crippen LogP contribution in [0.4, 0.5) is 0 Å². The molecule has 1 aliphatic heterocycles. The predicted octanol–water partition coefficient (Wildman–Crippen LogP) is 3.62. The molecule has 6 atom stereocenters. The molecule has 2 N–H and O–H groups in total. The van der Waals surface area contributed by atoms with Gasteiger partial charge in [-0.1, -0.05) is 58.0 Å². The lowest BCUT2D eigenvalue weighted by molar-refractivity contribution is -0.199. The monoisotopic (exact) mass is 518 g/mol. The van der Waals surface area contributed by atoms with Crippen LogP contribution in [-0.4, -0.2) is 52.6 Å². The quantitative estimate of drug-likeness (QED) is 0.492. The first-order chi connectivity index (χ1) is 18.1. The van der Waals surface area contributed by atoms with E-state index >= 15 is 0 Å². The van der Waals surface area contributed by atoms with Gasteiger partial charge in [0.2, 0.25) is 5.91 Å². The molecule has 202 valence electrons. The Morgan fingerprint density at radius 3 is 2.53 bits per heavy atom. The van der Waals surface area contributed by atoms with Gasteiger partial charge in [0.15, 0.2) is 0 Å². The minimum absolute atomic E-state index is 0.0345. The van der Waals surface area contributed by atoms with Crippen molar-refractivity contribution >= 4 is 18.9 Å². The molecule has 2 heterocycles. The van der Waals surface area contributed by atoms with E-state index in [-0.39, 0.29) is 34.7 Å². The van der Waals surface area contributed by atoms with Gasteiger partial charge in [-0.2, -0.15) is 0 Å². The van der Waals surface area contributed by atoms with Crippen molar-refractivity contribution in [3.05, 3.63) is 60.2 Å². The Balaban J connectivity index is 1.34. The lowest BCUT2D eigenvalue weighted by atomic mass is 9.43. The van der Waals surface area contributed by atoms with Crippen LogP contribution in [0.5, 0.6) is 0 Å². The zero-order valence-corrected chi connectivity index (χ0v) is 23.0. The molecule has 3 saturated carbocycles. The fourth-order valence-electron chi connectivity index (χ4n) is 6.81. The van der Waals surface area contributed by atoms with Crippen molar-refractivity contribution in [2.45, 2.75) is 84.0 Å². The number of benzene rings is 1. The summed E-state index contributed by atoms with van der Waals surface area (Å²) >= 11 is 0. The van der Waals surface area contributed by atoms with Gasteiger partial charge in [0.1, 0.15) is 11.7 Å². The van der Waals surface area contributed by atoms with E-state index < -0.39 is 19.1 Å². The maximum Gasteiger partial charge on any atom is 0.481 e. The molecule has 3 aliphatic carbocycles. The zero-order chi connectivity index (χ0) is 27.1. The van der Waals surface area contributed by atoms with Crippen molar-refractivity contribution in [1.29, 1.82) is 0 Å². The highest BCUT2D eigenvalue weighted by Gasteiger charge is 2.68. The van der Waals surface area contributed by atoms with Crippen molar-refractivity contribution in [2.24, 2.45) is 23.2 Å². The molecule has 6 rings (SSSR count). The van der Waals surface area contributed by atoms with E-state index in [0.717, 1.165) is 12.0 Å². The molecule has 0 spiro atoms. The lowest BCUT2D eigenvalue weighted by Crippen LogP contribution is -2.65. The number of amides is 2. The normalized spacial score (nSPS) is 28.7. The van der Waals surface area contributed by atoms with E-state index in [1.165, 1.54) is 25.0 Å². The maximum absolute atomic E-state index is 13.8. The van der Waals surface area contributed by atoms with Gasteiger partial charge in [-0.15, -0.1) is 0 Å². The Morgan fingerprint density at radius 1 is 1.11 bits per heavy atom. The predicted molar refractivity (Wildman–Crippen MR) is 145 cm³/mol. The summed E-state index contributed by atoms with van der Waals surface area (Å²) in [7, 11) is -0.528. The van der Waals surface area contributed by atoms with Crippen LogP contribution in [0.15, 0.2) is 48.9 Å². The molecule has 4 aliphatic rings. The molecular weight excluding hydrogens is 479 g/mol. The van der Waals surface area contributed by atoms with Crippen molar-refractivity contribution in [3.63, 3.8) is 0 Å². The Labute approximate surface area is 225 Å². The minimum atomic E-state index is -0.799. The van der Waals surface area contributed by atoms with Crippen LogP contribution in [0.3, 0.4) is 0 Å². The van der Waals surface area contributed by atoms with Gasteiger partial charge in [-0.05, 0) is 54.9 Å². The van der Waals surface area contributed by atoms with Gasteiger partial charge >= 0.3 is 7.12 Å². The third kappa shape index (κ3) is 5.10. The number of nitrogens with one attached hydrogen (secondary N) is 2. The summed E-state index contributed by atoms with van der Waals surface area (Å²) in [6.07, 6.45) is 7.60. The van der Waals surface area contributed by atoms with Crippen molar-refractivity contribution in [3.8, 4) is 0 Å².